The minimum absolute atomic E-state index is 0.0540. The molecule has 2 aromatic carbocycles. The number of pyridine rings is 1. The first-order valence-electron chi connectivity index (χ1n) is 11.9. The van der Waals surface area contributed by atoms with Gasteiger partial charge in [-0.1, -0.05) is 23.7 Å². The van der Waals surface area contributed by atoms with Gasteiger partial charge in [0.2, 0.25) is 5.91 Å². The van der Waals surface area contributed by atoms with E-state index in [0.29, 0.717) is 18.1 Å². The van der Waals surface area contributed by atoms with Gasteiger partial charge in [-0.25, -0.2) is 8.42 Å². The Morgan fingerprint density at radius 3 is 2.54 bits per heavy atom. The smallest absolute Gasteiger partial charge is 0.223 e. The number of amides is 1. The molecule has 2 N–H and O–H groups in total. The number of nitrogens with two attached hydrogens (primary N) is 1. The molecule has 7 nitrogen and oxygen atoms in total. The summed E-state index contributed by atoms with van der Waals surface area (Å²) in [5, 5.41) is 2.26. The summed E-state index contributed by atoms with van der Waals surface area (Å²) >= 11 is 6.02. The molecule has 186 valence electrons. The quantitative estimate of drug-likeness (QED) is 0.491. The van der Waals surface area contributed by atoms with Gasteiger partial charge < -0.3 is 15.5 Å². The Kier molecular flexibility index (Phi) is 7.94. The summed E-state index contributed by atoms with van der Waals surface area (Å²) in [5.41, 5.74) is 7.92. The van der Waals surface area contributed by atoms with Crippen LogP contribution in [0.1, 0.15) is 25.0 Å². The molecular formula is C26H31ClN4O3S. The maximum atomic E-state index is 13.1. The number of aryl methyl sites for hydroxylation is 1. The van der Waals surface area contributed by atoms with Crippen LogP contribution in [-0.2, 0) is 14.6 Å². The van der Waals surface area contributed by atoms with Crippen molar-refractivity contribution < 1.29 is 13.2 Å². The van der Waals surface area contributed by atoms with Crippen LogP contribution >= 0.6 is 11.6 Å². The number of anilines is 1. The Labute approximate surface area is 211 Å². The molecule has 1 amide bonds. The van der Waals surface area contributed by atoms with Crippen LogP contribution in [0.5, 0.6) is 0 Å². The number of piperidine rings is 1. The molecule has 0 atom stereocenters. The zero-order valence-electron chi connectivity index (χ0n) is 19.9. The van der Waals surface area contributed by atoms with Gasteiger partial charge in [0.05, 0.1) is 10.6 Å². The van der Waals surface area contributed by atoms with Crippen molar-refractivity contribution in [2.24, 2.45) is 5.73 Å². The summed E-state index contributed by atoms with van der Waals surface area (Å²) in [6, 6.07) is 14.4. The molecule has 3 aromatic rings. The number of rotatable bonds is 8. The van der Waals surface area contributed by atoms with Gasteiger partial charge in [0.15, 0.2) is 9.84 Å². The van der Waals surface area contributed by atoms with Gasteiger partial charge in [-0.05, 0) is 66.9 Å². The van der Waals surface area contributed by atoms with E-state index in [9.17, 15) is 13.2 Å². The number of hydrogen-bond acceptors (Lipinski definition) is 6. The van der Waals surface area contributed by atoms with Crippen molar-refractivity contribution in [1.82, 2.24) is 9.88 Å². The summed E-state index contributed by atoms with van der Waals surface area (Å²) in [7, 11) is -3.61. The van der Waals surface area contributed by atoms with Crippen molar-refractivity contribution in [1.29, 1.82) is 0 Å². The van der Waals surface area contributed by atoms with Gasteiger partial charge >= 0.3 is 0 Å². The van der Waals surface area contributed by atoms with E-state index in [1.54, 1.807) is 41.3 Å². The van der Waals surface area contributed by atoms with E-state index in [1.165, 1.54) is 0 Å². The van der Waals surface area contributed by atoms with Crippen molar-refractivity contribution in [3.8, 4) is 0 Å². The van der Waals surface area contributed by atoms with Crippen LogP contribution in [0.3, 0.4) is 0 Å². The summed E-state index contributed by atoms with van der Waals surface area (Å²) < 4.78 is 26.0. The number of hydrogen-bond donors (Lipinski definition) is 1. The highest BCUT2D eigenvalue weighted by atomic mass is 35.5. The zero-order valence-corrected chi connectivity index (χ0v) is 21.4. The Bertz CT molecular complexity index is 1310. The highest BCUT2D eigenvalue weighted by Crippen LogP contribution is 2.25. The molecule has 2 heterocycles. The van der Waals surface area contributed by atoms with E-state index in [2.05, 4.69) is 16.0 Å². The number of carbonyl (C=O) groups is 1. The first kappa shape index (κ1) is 25.4. The maximum Gasteiger partial charge on any atom is 0.223 e. The minimum atomic E-state index is -3.61. The highest BCUT2D eigenvalue weighted by molar-refractivity contribution is 7.91. The van der Waals surface area contributed by atoms with Gasteiger partial charge in [0.25, 0.3) is 0 Å². The average Bonchev–Trinajstić information content (AvgIpc) is 2.85. The van der Waals surface area contributed by atoms with Crippen molar-refractivity contribution in [2.45, 2.75) is 37.1 Å². The summed E-state index contributed by atoms with van der Waals surface area (Å²) in [5.74, 6) is -0.397. The molecule has 35 heavy (non-hydrogen) atoms. The Morgan fingerprint density at radius 1 is 1.11 bits per heavy atom. The van der Waals surface area contributed by atoms with Gasteiger partial charge in [0, 0.05) is 61.2 Å². The van der Waals surface area contributed by atoms with Crippen LogP contribution in [-0.4, -0.2) is 62.2 Å². The summed E-state index contributed by atoms with van der Waals surface area (Å²) in [6.45, 7) is 4.38. The lowest BCUT2D eigenvalue weighted by Crippen LogP contribution is -2.49. The molecule has 1 aliphatic rings. The Hall–Kier alpha value is -2.68. The standard InChI is InChI=1S/C26H31ClN4O3S/c1-19-16-24(6-11-29-19)30-12-7-23(8-13-30)31(14-10-28)26(32)9-15-35(33,34)25-5-3-20-17-22(27)4-2-21(20)18-25/h2-6,11,16-18,23H,7-10,12-15,28H2,1H3. The SMILES string of the molecule is Cc1cc(N2CCC(N(CCN)C(=O)CCS(=O)(=O)c3ccc4cc(Cl)ccc4c3)CC2)ccn1. The van der Waals surface area contributed by atoms with Crippen LogP contribution in [0.4, 0.5) is 5.69 Å². The van der Waals surface area contributed by atoms with Gasteiger partial charge in [-0.3, -0.25) is 9.78 Å². The number of fused-ring (bicyclic) bond motifs is 1. The number of aromatic nitrogens is 1. The highest BCUT2D eigenvalue weighted by Gasteiger charge is 2.29. The fraction of sp³-hybridized carbons (Fsp3) is 0.385. The molecule has 0 saturated carbocycles. The monoisotopic (exact) mass is 514 g/mol. The molecule has 0 unspecified atom stereocenters. The molecule has 0 bridgehead atoms. The van der Waals surface area contributed by atoms with Crippen LogP contribution in [0.2, 0.25) is 5.02 Å². The lowest BCUT2D eigenvalue weighted by molar-refractivity contribution is -0.133. The lowest BCUT2D eigenvalue weighted by atomic mass is 10.0. The third-order valence-electron chi connectivity index (χ3n) is 6.56. The molecule has 1 aromatic heterocycles. The van der Waals surface area contributed by atoms with Crippen molar-refractivity contribution in [3.05, 3.63) is 65.4 Å². The molecule has 1 aliphatic heterocycles. The molecular weight excluding hydrogens is 484 g/mol. The van der Waals surface area contributed by atoms with Gasteiger partial charge in [-0.2, -0.15) is 0 Å². The van der Waals surface area contributed by atoms with Crippen LogP contribution in [0.15, 0.2) is 59.6 Å². The predicted octanol–water partition coefficient (Wildman–Crippen LogP) is 3.82. The summed E-state index contributed by atoms with van der Waals surface area (Å²) in [4.78, 5) is 21.7. The van der Waals surface area contributed by atoms with E-state index in [-0.39, 0.29) is 29.0 Å². The van der Waals surface area contributed by atoms with Crippen LogP contribution in [0.25, 0.3) is 10.8 Å². The minimum Gasteiger partial charge on any atom is -0.371 e. The third-order valence-corrected chi connectivity index (χ3v) is 8.51. The Morgan fingerprint density at radius 2 is 1.83 bits per heavy atom. The summed E-state index contributed by atoms with van der Waals surface area (Å²) in [6.07, 6.45) is 3.37. The zero-order chi connectivity index (χ0) is 25.0. The molecule has 1 saturated heterocycles. The fourth-order valence-corrected chi connectivity index (χ4v) is 6.13. The number of sulfone groups is 1. The van der Waals surface area contributed by atoms with E-state index in [0.717, 1.165) is 48.1 Å². The Balaban J connectivity index is 1.39. The predicted molar refractivity (Wildman–Crippen MR) is 141 cm³/mol. The van der Waals surface area contributed by atoms with Crippen molar-refractivity contribution >= 4 is 43.8 Å². The largest absolute Gasteiger partial charge is 0.371 e. The van der Waals surface area contributed by atoms with E-state index in [4.69, 9.17) is 17.3 Å². The molecule has 0 radical (unpaired) electrons. The molecule has 0 aliphatic carbocycles. The topological polar surface area (TPSA) is 96.6 Å². The van der Waals surface area contributed by atoms with Gasteiger partial charge in [-0.15, -0.1) is 0 Å². The first-order valence-corrected chi connectivity index (χ1v) is 13.9. The second-order valence-corrected chi connectivity index (χ2v) is 11.5. The number of nitrogens with zero attached hydrogens (tertiary/aromatic N) is 3. The van der Waals surface area contributed by atoms with Crippen LogP contribution < -0.4 is 10.6 Å². The second kappa shape index (κ2) is 10.9. The average molecular weight is 515 g/mol. The number of halogens is 1. The van der Waals surface area contributed by atoms with E-state index >= 15 is 0 Å². The molecule has 4 rings (SSSR count). The molecule has 0 spiro atoms. The maximum absolute atomic E-state index is 13.1. The van der Waals surface area contributed by atoms with E-state index in [1.807, 2.05) is 19.2 Å². The van der Waals surface area contributed by atoms with Crippen molar-refractivity contribution in [3.63, 3.8) is 0 Å². The van der Waals surface area contributed by atoms with Gasteiger partial charge in [0.1, 0.15) is 0 Å². The molecule has 9 heteroatoms. The normalized spacial score (nSPS) is 14.9. The number of benzene rings is 2. The molecule has 1 fully saturated rings. The first-order chi connectivity index (χ1) is 16.8. The lowest BCUT2D eigenvalue weighted by Gasteiger charge is -2.39. The fourth-order valence-electron chi connectivity index (χ4n) is 4.68. The number of carbonyl (C=O) groups excluding carboxylic acids is 1. The second-order valence-electron chi connectivity index (χ2n) is 8.97. The van der Waals surface area contributed by atoms with E-state index < -0.39 is 9.84 Å². The van der Waals surface area contributed by atoms with Crippen molar-refractivity contribution in [2.75, 3.05) is 36.8 Å². The van der Waals surface area contributed by atoms with Crippen LogP contribution in [0, 0.1) is 6.92 Å². The third kappa shape index (κ3) is 6.12.